The maximum Gasteiger partial charge on any atom is 0.315 e. The zero-order chi connectivity index (χ0) is 34.1. The van der Waals surface area contributed by atoms with Gasteiger partial charge in [0.1, 0.15) is 12.1 Å². The Balaban J connectivity index is 2.20. The standard InChI is InChI=1S/C32H51N5O7S/c1-8-16-37(21(4)29(40)34-24(17-22-14-15-22)26(38)28(33)39)30(41)27(32(5,6)7)36-31(42)35-25(20(2)3)19-45(43,44)18-23-12-10-9-11-13-23/h9-13,20-22,24-25,27H,8,14-19H2,1-7H3,(H2,33,39)(H,34,40)(H2,35,36,42)/t21-,24?,25+,27+/m0/s1. The number of primary amides is 1. The topological polar surface area (TPSA) is 185 Å². The van der Waals surface area contributed by atoms with Crippen molar-refractivity contribution >= 4 is 39.4 Å². The fourth-order valence-electron chi connectivity index (χ4n) is 4.98. The quantitative estimate of drug-likeness (QED) is 0.187. The molecule has 45 heavy (non-hydrogen) atoms. The van der Waals surface area contributed by atoms with Gasteiger partial charge in [-0.3, -0.25) is 19.2 Å². The van der Waals surface area contributed by atoms with Gasteiger partial charge in [-0.1, -0.05) is 84.7 Å². The molecule has 252 valence electrons. The van der Waals surface area contributed by atoms with Crippen LogP contribution in [-0.2, 0) is 34.8 Å². The molecule has 0 radical (unpaired) electrons. The van der Waals surface area contributed by atoms with Crippen LogP contribution in [-0.4, -0.2) is 79.3 Å². The minimum Gasteiger partial charge on any atom is -0.363 e. The minimum absolute atomic E-state index is 0.165. The van der Waals surface area contributed by atoms with E-state index < -0.39 is 69.0 Å². The number of nitrogens with zero attached hydrogens (tertiary/aromatic N) is 1. The van der Waals surface area contributed by atoms with E-state index in [0.717, 1.165) is 12.8 Å². The van der Waals surface area contributed by atoms with E-state index >= 15 is 0 Å². The van der Waals surface area contributed by atoms with Crippen molar-refractivity contribution < 1.29 is 32.4 Å². The van der Waals surface area contributed by atoms with Gasteiger partial charge in [-0.05, 0) is 42.6 Å². The molecular formula is C32H51N5O7S. The van der Waals surface area contributed by atoms with Gasteiger partial charge in [0.05, 0.1) is 17.5 Å². The van der Waals surface area contributed by atoms with Crippen LogP contribution in [0.4, 0.5) is 4.79 Å². The van der Waals surface area contributed by atoms with Crippen LogP contribution in [0.15, 0.2) is 30.3 Å². The number of nitrogens with one attached hydrogen (secondary N) is 3. The number of Topliss-reactive ketones (excluding diaryl/α,β-unsaturated/α-hetero) is 1. The fraction of sp³-hybridized carbons (Fsp3) is 0.656. The highest BCUT2D eigenvalue weighted by molar-refractivity contribution is 7.90. The van der Waals surface area contributed by atoms with Gasteiger partial charge in [0.2, 0.25) is 17.6 Å². The highest BCUT2D eigenvalue weighted by Crippen LogP contribution is 2.33. The summed E-state index contributed by atoms with van der Waals surface area (Å²) >= 11 is 0. The SMILES string of the molecule is CCCN(C(=O)[C@@H](NC(=O)N[C@H](CS(=O)(=O)Cc1ccccc1)C(C)C)C(C)(C)C)[C@@H](C)C(=O)NC(CC1CC1)C(=O)C(N)=O. The maximum atomic E-state index is 14.0. The molecule has 1 aliphatic rings. The van der Waals surface area contributed by atoms with Crippen LogP contribution < -0.4 is 21.7 Å². The Kier molecular flexibility index (Phi) is 13.6. The smallest absolute Gasteiger partial charge is 0.315 e. The zero-order valence-corrected chi connectivity index (χ0v) is 28.4. The number of rotatable bonds is 17. The van der Waals surface area contributed by atoms with Crippen LogP contribution in [0, 0.1) is 17.3 Å². The Morgan fingerprint density at radius 2 is 1.58 bits per heavy atom. The van der Waals surface area contributed by atoms with Crippen molar-refractivity contribution in [1.29, 1.82) is 0 Å². The summed E-state index contributed by atoms with van der Waals surface area (Å²) in [6.07, 6.45) is 2.59. The molecule has 0 aromatic heterocycles. The Morgan fingerprint density at radius 1 is 0.978 bits per heavy atom. The number of hydrogen-bond acceptors (Lipinski definition) is 7. The number of ketones is 1. The Morgan fingerprint density at radius 3 is 2.07 bits per heavy atom. The van der Waals surface area contributed by atoms with E-state index in [9.17, 15) is 32.4 Å². The van der Waals surface area contributed by atoms with E-state index in [4.69, 9.17) is 5.73 Å². The monoisotopic (exact) mass is 649 g/mol. The lowest BCUT2D eigenvalue weighted by atomic mass is 9.85. The van der Waals surface area contributed by atoms with Crippen molar-refractivity contribution in [2.45, 2.75) is 104 Å². The number of carbonyl (C=O) groups is 5. The van der Waals surface area contributed by atoms with Crippen molar-refractivity contribution in [2.24, 2.45) is 23.0 Å². The molecule has 2 rings (SSSR count). The third kappa shape index (κ3) is 12.1. The van der Waals surface area contributed by atoms with E-state index in [1.165, 1.54) is 11.8 Å². The van der Waals surface area contributed by atoms with E-state index in [2.05, 4.69) is 16.0 Å². The first-order valence-corrected chi connectivity index (χ1v) is 17.4. The number of benzene rings is 1. The van der Waals surface area contributed by atoms with Gasteiger partial charge < -0.3 is 26.6 Å². The largest absolute Gasteiger partial charge is 0.363 e. The summed E-state index contributed by atoms with van der Waals surface area (Å²) in [6, 6.07) is 4.18. The summed E-state index contributed by atoms with van der Waals surface area (Å²) in [5.41, 5.74) is 5.07. The normalized spacial score (nSPS) is 16.2. The van der Waals surface area contributed by atoms with Gasteiger partial charge in [-0.25, -0.2) is 13.2 Å². The lowest BCUT2D eigenvalue weighted by Gasteiger charge is -2.37. The summed E-state index contributed by atoms with van der Waals surface area (Å²) in [5, 5.41) is 8.11. The van der Waals surface area contributed by atoms with Gasteiger partial charge in [0, 0.05) is 12.6 Å². The molecular weight excluding hydrogens is 598 g/mol. The second kappa shape index (κ2) is 16.2. The summed E-state index contributed by atoms with van der Waals surface area (Å²) in [6.45, 7) is 12.5. The zero-order valence-electron chi connectivity index (χ0n) is 27.6. The highest BCUT2D eigenvalue weighted by Gasteiger charge is 2.40. The molecule has 1 aromatic rings. The Bertz CT molecular complexity index is 1310. The van der Waals surface area contributed by atoms with Gasteiger partial charge in [-0.15, -0.1) is 0 Å². The van der Waals surface area contributed by atoms with Crippen molar-refractivity contribution in [3.8, 4) is 0 Å². The van der Waals surface area contributed by atoms with E-state index in [1.807, 2.05) is 6.92 Å². The molecule has 12 nitrogen and oxygen atoms in total. The molecule has 0 spiro atoms. The van der Waals surface area contributed by atoms with Crippen molar-refractivity contribution in [3.63, 3.8) is 0 Å². The number of hydrogen-bond donors (Lipinski definition) is 4. The Hall–Kier alpha value is -3.48. The maximum absolute atomic E-state index is 14.0. The van der Waals surface area contributed by atoms with Crippen LogP contribution in [0.25, 0.3) is 0 Å². The molecule has 0 aliphatic heterocycles. The Labute approximate surface area is 267 Å². The third-order valence-corrected chi connectivity index (χ3v) is 9.55. The molecule has 1 aromatic carbocycles. The number of nitrogens with two attached hydrogens (primary N) is 1. The van der Waals surface area contributed by atoms with Gasteiger partial charge >= 0.3 is 6.03 Å². The molecule has 5 N–H and O–H groups in total. The second-order valence-electron chi connectivity index (χ2n) is 13.5. The molecule has 0 bridgehead atoms. The number of carbonyl (C=O) groups excluding carboxylic acids is 5. The number of amides is 5. The molecule has 13 heteroatoms. The predicted octanol–water partition coefficient (Wildman–Crippen LogP) is 2.31. The molecule has 1 saturated carbocycles. The molecule has 0 heterocycles. The molecule has 1 fully saturated rings. The first kappa shape index (κ1) is 37.7. The van der Waals surface area contributed by atoms with Crippen LogP contribution in [0.5, 0.6) is 0 Å². The highest BCUT2D eigenvalue weighted by atomic mass is 32.2. The summed E-state index contributed by atoms with van der Waals surface area (Å²) < 4.78 is 26.0. The van der Waals surface area contributed by atoms with Crippen molar-refractivity contribution in [3.05, 3.63) is 35.9 Å². The van der Waals surface area contributed by atoms with E-state index in [-0.39, 0.29) is 29.9 Å². The summed E-state index contributed by atoms with van der Waals surface area (Å²) in [4.78, 5) is 66.0. The van der Waals surface area contributed by atoms with Crippen LogP contribution in [0.1, 0.15) is 79.7 Å². The fourth-order valence-corrected chi connectivity index (χ4v) is 6.81. The first-order valence-electron chi connectivity index (χ1n) is 15.6. The second-order valence-corrected chi connectivity index (χ2v) is 15.6. The summed E-state index contributed by atoms with van der Waals surface area (Å²) in [7, 11) is -3.58. The van der Waals surface area contributed by atoms with E-state index in [1.54, 1.807) is 65.0 Å². The van der Waals surface area contributed by atoms with Crippen molar-refractivity contribution in [2.75, 3.05) is 12.3 Å². The molecule has 4 atom stereocenters. The van der Waals surface area contributed by atoms with E-state index in [0.29, 0.717) is 18.4 Å². The lowest BCUT2D eigenvalue weighted by molar-refractivity contribution is -0.144. The van der Waals surface area contributed by atoms with Gasteiger partial charge in [-0.2, -0.15) is 0 Å². The van der Waals surface area contributed by atoms with Crippen molar-refractivity contribution in [1.82, 2.24) is 20.9 Å². The minimum atomic E-state index is -3.58. The van der Waals surface area contributed by atoms with Crippen LogP contribution in [0.3, 0.4) is 0 Å². The molecule has 5 amide bonds. The molecule has 1 unspecified atom stereocenters. The summed E-state index contributed by atoms with van der Waals surface area (Å²) in [5.74, 6) is -3.60. The van der Waals surface area contributed by atoms with Crippen LogP contribution >= 0.6 is 0 Å². The lowest BCUT2D eigenvalue weighted by Crippen LogP contribution is -2.61. The number of urea groups is 1. The average Bonchev–Trinajstić information content (AvgIpc) is 3.76. The molecule has 0 saturated heterocycles. The third-order valence-electron chi connectivity index (χ3n) is 7.91. The van der Waals surface area contributed by atoms with Crippen LogP contribution in [0.2, 0.25) is 0 Å². The average molecular weight is 650 g/mol. The number of sulfone groups is 1. The first-order chi connectivity index (χ1) is 20.9. The predicted molar refractivity (Wildman–Crippen MR) is 172 cm³/mol. The van der Waals surface area contributed by atoms with Gasteiger partial charge in [0.15, 0.2) is 9.84 Å². The van der Waals surface area contributed by atoms with Gasteiger partial charge in [0.25, 0.3) is 5.91 Å². The molecule has 1 aliphatic carbocycles.